The van der Waals surface area contributed by atoms with Crippen molar-refractivity contribution in [3.8, 4) is 11.5 Å². The molecule has 23 heavy (non-hydrogen) atoms. The summed E-state index contributed by atoms with van der Waals surface area (Å²) in [4.78, 5) is 0. The molecule has 1 heterocycles. The molecular weight excluding hydrogens is 286 g/mol. The van der Waals surface area contributed by atoms with Gasteiger partial charge in [-0.15, -0.1) is 0 Å². The maximum atomic E-state index is 5.63. The van der Waals surface area contributed by atoms with Crippen molar-refractivity contribution in [1.82, 2.24) is 5.32 Å². The van der Waals surface area contributed by atoms with E-state index in [4.69, 9.17) is 9.47 Å². The van der Waals surface area contributed by atoms with Gasteiger partial charge in [0.1, 0.15) is 11.5 Å². The fourth-order valence-electron chi connectivity index (χ4n) is 3.55. The van der Waals surface area contributed by atoms with Gasteiger partial charge in [0.15, 0.2) is 0 Å². The van der Waals surface area contributed by atoms with Crippen molar-refractivity contribution in [3.63, 3.8) is 0 Å². The molecule has 0 aliphatic carbocycles. The summed E-state index contributed by atoms with van der Waals surface area (Å²) in [5.74, 6) is 2.30. The Kier molecular flexibility index (Phi) is 4.87. The van der Waals surface area contributed by atoms with Gasteiger partial charge in [-0.3, -0.25) is 0 Å². The minimum Gasteiger partial charge on any atom is -0.497 e. The standard InChI is InChI=1S/C20H25NO2/c1-14-9-10-19(23-3)18(12-14)17-8-5-11-21-20(17)15-6-4-7-16(13-15)22-2/h4,6-7,9-10,12-13,17,20-21H,5,8,11H2,1-3H3/t17-,20+/m1/s1. The maximum absolute atomic E-state index is 5.63. The van der Waals surface area contributed by atoms with Gasteiger partial charge in [0, 0.05) is 12.0 Å². The van der Waals surface area contributed by atoms with E-state index in [0.717, 1.165) is 24.5 Å². The van der Waals surface area contributed by atoms with Crippen molar-refractivity contribution in [2.45, 2.75) is 31.7 Å². The first-order valence-electron chi connectivity index (χ1n) is 8.25. The van der Waals surface area contributed by atoms with E-state index < -0.39 is 0 Å². The third kappa shape index (κ3) is 3.35. The van der Waals surface area contributed by atoms with E-state index in [2.05, 4.69) is 48.6 Å². The van der Waals surface area contributed by atoms with E-state index in [1.807, 2.05) is 6.07 Å². The summed E-state index contributed by atoms with van der Waals surface area (Å²) in [5.41, 5.74) is 3.85. The van der Waals surface area contributed by atoms with E-state index in [1.54, 1.807) is 14.2 Å². The SMILES string of the molecule is COc1cccc([C@@H]2NCCC[C@@H]2c2cc(C)ccc2OC)c1. The smallest absolute Gasteiger partial charge is 0.122 e. The fraction of sp³-hybridized carbons (Fsp3) is 0.400. The molecule has 0 radical (unpaired) electrons. The average Bonchev–Trinajstić information content (AvgIpc) is 2.61. The van der Waals surface area contributed by atoms with Crippen LogP contribution in [0.3, 0.4) is 0 Å². The lowest BCUT2D eigenvalue weighted by Crippen LogP contribution is -2.33. The number of piperidine rings is 1. The second-order valence-corrected chi connectivity index (χ2v) is 6.20. The van der Waals surface area contributed by atoms with Crippen LogP contribution in [-0.2, 0) is 0 Å². The van der Waals surface area contributed by atoms with Crippen LogP contribution < -0.4 is 14.8 Å². The van der Waals surface area contributed by atoms with Gasteiger partial charge >= 0.3 is 0 Å². The molecule has 3 nitrogen and oxygen atoms in total. The van der Waals surface area contributed by atoms with Crippen LogP contribution in [0.2, 0.25) is 0 Å². The van der Waals surface area contributed by atoms with E-state index in [-0.39, 0.29) is 6.04 Å². The van der Waals surface area contributed by atoms with Gasteiger partial charge in [-0.25, -0.2) is 0 Å². The highest BCUT2D eigenvalue weighted by Crippen LogP contribution is 2.42. The molecule has 3 rings (SSSR count). The van der Waals surface area contributed by atoms with E-state index in [0.29, 0.717) is 5.92 Å². The van der Waals surface area contributed by atoms with Crippen LogP contribution in [0.1, 0.15) is 41.5 Å². The summed E-state index contributed by atoms with van der Waals surface area (Å²) in [5, 5.41) is 3.69. The fourth-order valence-corrected chi connectivity index (χ4v) is 3.55. The Morgan fingerprint density at radius 2 is 1.91 bits per heavy atom. The van der Waals surface area contributed by atoms with Crippen LogP contribution in [0.4, 0.5) is 0 Å². The highest BCUT2D eigenvalue weighted by atomic mass is 16.5. The van der Waals surface area contributed by atoms with Gasteiger partial charge in [0.2, 0.25) is 0 Å². The predicted octanol–water partition coefficient (Wildman–Crippen LogP) is 4.22. The van der Waals surface area contributed by atoms with Crippen molar-refractivity contribution >= 4 is 0 Å². The largest absolute Gasteiger partial charge is 0.497 e. The molecule has 0 unspecified atom stereocenters. The van der Waals surface area contributed by atoms with Crippen LogP contribution in [-0.4, -0.2) is 20.8 Å². The van der Waals surface area contributed by atoms with Gasteiger partial charge in [0.25, 0.3) is 0 Å². The van der Waals surface area contributed by atoms with Crippen molar-refractivity contribution in [2.24, 2.45) is 0 Å². The summed E-state index contributed by atoms with van der Waals surface area (Å²) in [6.45, 7) is 3.19. The van der Waals surface area contributed by atoms with Gasteiger partial charge in [-0.05, 0) is 55.6 Å². The number of hydrogen-bond acceptors (Lipinski definition) is 3. The highest BCUT2D eigenvalue weighted by molar-refractivity contribution is 5.42. The molecule has 0 aromatic heterocycles. The van der Waals surface area contributed by atoms with E-state index in [1.165, 1.54) is 23.1 Å². The minimum absolute atomic E-state index is 0.287. The molecule has 1 fully saturated rings. The number of ether oxygens (including phenoxy) is 2. The van der Waals surface area contributed by atoms with Crippen LogP contribution in [0.15, 0.2) is 42.5 Å². The Hall–Kier alpha value is -2.00. The first-order valence-corrected chi connectivity index (χ1v) is 8.25. The number of aryl methyl sites for hydroxylation is 1. The number of methoxy groups -OCH3 is 2. The molecule has 0 bridgehead atoms. The van der Waals surface area contributed by atoms with Crippen LogP contribution in [0, 0.1) is 6.92 Å². The third-order valence-electron chi connectivity index (χ3n) is 4.70. The van der Waals surface area contributed by atoms with Gasteiger partial charge in [-0.1, -0.05) is 29.8 Å². The first-order chi connectivity index (χ1) is 11.2. The average molecular weight is 311 g/mol. The van der Waals surface area contributed by atoms with Crippen LogP contribution in [0.25, 0.3) is 0 Å². The molecule has 2 atom stereocenters. The molecule has 2 aromatic carbocycles. The topological polar surface area (TPSA) is 30.5 Å². The number of nitrogens with one attached hydrogen (secondary N) is 1. The quantitative estimate of drug-likeness (QED) is 0.917. The predicted molar refractivity (Wildman–Crippen MR) is 93.4 cm³/mol. The van der Waals surface area contributed by atoms with Crippen molar-refractivity contribution in [1.29, 1.82) is 0 Å². The van der Waals surface area contributed by atoms with Crippen molar-refractivity contribution < 1.29 is 9.47 Å². The number of benzene rings is 2. The summed E-state index contributed by atoms with van der Waals surface area (Å²) in [6, 6.07) is 15.1. The zero-order chi connectivity index (χ0) is 16.2. The zero-order valence-electron chi connectivity index (χ0n) is 14.1. The molecule has 2 aromatic rings. The summed E-state index contributed by atoms with van der Waals surface area (Å²) < 4.78 is 11.0. The van der Waals surface area contributed by atoms with E-state index in [9.17, 15) is 0 Å². The molecule has 1 N–H and O–H groups in total. The number of hydrogen-bond donors (Lipinski definition) is 1. The number of rotatable bonds is 4. The normalized spacial score (nSPS) is 21.0. The second kappa shape index (κ2) is 7.05. The molecule has 1 aliphatic heterocycles. The monoisotopic (exact) mass is 311 g/mol. The molecule has 3 heteroatoms. The van der Waals surface area contributed by atoms with Crippen LogP contribution >= 0.6 is 0 Å². The zero-order valence-corrected chi connectivity index (χ0v) is 14.1. The summed E-state index contributed by atoms with van der Waals surface area (Å²) in [6.07, 6.45) is 2.34. The molecule has 1 saturated heterocycles. The van der Waals surface area contributed by atoms with Crippen LogP contribution in [0.5, 0.6) is 11.5 Å². The lowest BCUT2D eigenvalue weighted by Gasteiger charge is -2.34. The van der Waals surface area contributed by atoms with Crippen molar-refractivity contribution in [2.75, 3.05) is 20.8 Å². The molecule has 122 valence electrons. The van der Waals surface area contributed by atoms with Crippen molar-refractivity contribution in [3.05, 3.63) is 59.2 Å². The Bertz CT molecular complexity index is 668. The first kappa shape index (κ1) is 15.9. The Labute approximate surface area is 138 Å². The Morgan fingerprint density at radius 1 is 1.04 bits per heavy atom. The lowest BCUT2D eigenvalue weighted by atomic mass is 9.80. The highest BCUT2D eigenvalue weighted by Gasteiger charge is 2.29. The Balaban J connectivity index is 2.00. The molecule has 0 spiro atoms. The summed E-state index contributed by atoms with van der Waals surface area (Å²) in [7, 11) is 3.47. The molecule has 1 aliphatic rings. The third-order valence-corrected chi connectivity index (χ3v) is 4.70. The lowest BCUT2D eigenvalue weighted by molar-refractivity contribution is 0.340. The molecule has 0 saturated carbocycles. The molecular formula is C20H25NO2. The van der Waals surface area contributed by atoms with Gasteiger partial charge in [-0.2, -0.15) is 0 Å². The van der Waals surface area contributed by atoms with Gasteiger partial charge in [0.05, 0.1) is 14.2 Å². The minimum atomic E-state index is 0.287. The summed E-state index contributed by atoms with van der Waals surface area (Å²) >= 11 is 0. The maximum Gasteiger partial charge on any atom is 0.122 e. The molecule has 0 amide bonds. The Morgan fingerprint density at radius 3 is 2.70 bits per heavy atom. The second-order valence-electron chi connectivity index (χ2n) is 6.20. The van der Waals surface area contributed by atoms with Gasteiger partial charge < -0.3 is 14.8 Å². The van der Waals surface area contributed by atoms with E-state index >= 15 is 0 Å².